The van der Waals surface area contributed by atoms with Gasteiger partial charge < -0.3 is 0 Å². The van der Waals surface area contributed by atoms with Gasteiger partial charge >= 0.3 is 6.04 Å². The molecular weight excluding hydrogens is 175 g/mol. The van der Waals surface area contributed by atoms with Gasteiger partial charge in [-0.2, -0.15) is 4.39 Å². The second-order valence-corrected chi connectivity index (χ2v) is 3.39. The zero-order chi connectivity index (χ0) is 8.55. The molecule has 0 fully saturated rings. The van der Waals surface area contributed by atoms with Crippen LogP contribution in [0.2, 0.25) is 0 Å². The third-order valence-electron chi connectivity index (χ3n) is 1.68. The molecule has 0 aliphatic carbocycles. The fraction of sp³-hybridized carbons (Fsp3) is 0. The average Bonchev–Trinajstić information content (AvgIpc) is 2.49. The molecule has 0 unspecified atom stereocenters. The molecule has 1 aromatic heterocycles. The Balaban J connectivity index is 2.68. The molecule has 1 aromatic carbocycles. The third kappa shape index (κ3) is 1.12. The van der Waals surface area contributed by atoms with Gasteiger partial charge in [-0.15, -0.1) is 11.3 Å². The summed E-state index contributed by atoms with van der Waals surface area (Å²) in [5, 5.41) is 2.96. The van der Waals surface area contributed by atoms with Crippen molar-refractivity contribution in [2.24, 2.45) is 0 Å². The number of fused-ring (bicyclic) bond motifs is 1. The Bertz CT molecular complexity index is 433. The summed E-state index contributed by atoms with van der Waals surface area (Å²) >= 11 is 1.50. The van der Waals surface area contributed by atoms with E-state index in [1.54, 1.807) is 12.1 Å². The maximum atomic E-state index is 12.2. The minimum absolute atomic E-state index is 0.130. The fourth-order valence-electron chi connectivity index (χ4n) is 1.08. The topological polar surface area (TPSA) is 17.1 Å². The van der Waals surface area contributed by atoms with Gasteiger partial charge in [-0.3, -0.25) is 4.79 Å². The van der Waals surface area contributed by atoms with Gasteiger partial charge in [-0.25, -0.2) is 0 Å². The van der Waals surface area contributed by atoms with Gasteiger partial charge in [0.25, 0.3) is 0 Å². The van der Waals surface area contributed by atoms with Crippen molar-refractivity contribution in [3.05, 3.63) is 35.2 Å². The van der Waals surface area contributed by atoms with Crippen LogP contribution in [-0.4, -0.2) is 6.04 Å². The summed E-state index contributed by atoms with van der Waals surface area (Å²) in [5.74, 6) is 0. The largest absolute Gasteiger partial charge is 0.332 e. The van der Waals surface area contributed by atoms with Crippen molar-refractivity contribution < 1.29 is 9.18 Å². The van der Waals surface area contributed by atoms with Crippen molar-refractivity contribution in [2.75, 3.05) is 0 Å². The van der Waals surface area contributed by atoms with E-state index in [0.29, 0.717) is 0 Å². The highest BCUT2D eigenvalue weighted by atomic mass is 32.1. The standard InChI is InChI=1S/C9H5FOS/c10-9(11)7-2-1-6-3-4-12-8(6)5-7/h1-5H. The SMILES string of the molecule is O=C(F)c1ccc2ccsc2c1. The number of hydrogen-bond donors (Lipinski definition) is 0. The molecule has 0 bridgehead atoms. The summed E-state index contributed by atoms with van der Waals surface area (Å²) < 4.78 is 13.2. The van der Waals surface area contributed by atoms with E-state index in [-0.39, 0.29) is 5.56 Å². The van der Waals surface area contributed by atoms with Crippen molar-refractivity contribution in [2.45, 2.75) is 0 Å². The number of carbonyl (C=O) groups is 1. The van der Waals surface area contributed by atoms with Gasteiger partial charge in [-0.05, 0) is 29.0 Å². The van der Waals surface area contributed by atoms with E-state index in [1.807, 2.05) is 11.4 Å². The smallest absolute Gasteiger partial charge is 0.255 e. The second-order valence-electron chi connectivity index (χ2n) is 2.45. The minimum atomic E-state index is -1.37. The molecule has 3 heteroatoms. The lowest BCUT2D eigenvalue weighted by molar-refractivity contribution is 0.0836. The summed E-state index contributed by atoms with van der Waals surface area (Å²) in [6.45, 7) is 0. The first kappa shape index (κ1) is 7.43. The van der Waals surface area contributed by atoms with E-state index in [9.17, 15) is 9.18 Å². The summed E-state index contributed by atoms with van der Waals surface area (Å²) in [4.78, 5) is 10.3. The van der Waals surface area contributed by atoms with Crippen molar-refractivity contribution in [1.82, 2.24) is 0 Å². The molecule has 1 nitrogen and oxygen atoms in total. The lowest BCUT2D eigenvalue weighted by Crippen LogP contribution is -1.87. The molecule has 60 valence electrons. The quantitative estimate of drug-likeness (QED) is 0.616. The van der Waals surface area contributed by atoms with Crippen LogP contribution in [0, 0.1) is 0 Å². The summed E-state index contributed by atoms with van der Waals surface area (Å²) in [5.41, 5.74) is 0.130. The molecule has 0 saturated heterocycles. The normalized spacial score (nSPS) is 10.4. The lowest BCUT2D eigenvalue weighted by atomic mass is 10.2. The zero-order valence-corrected chi connectivity index (χ0v) is 6.90. The van der Waals surface area contributed by atoms with Crippen LogP contribution in [0.4, 0.5) is 4.39 Å². The van der Waals surface area contributed by atoms with E-state index in [2.05, 4.69) is 0 Å². The fourth-order valence-corrected chi connectivity index (χ4v) is 1.91. The number of hydrogen-bond acceptors (Lipinski definition) is 2. The molecular formula is C9H5FOS. The Morgan fingerprint density at radius 3 is 2.92 bits per heavy atom. The highest BCUT2D eigenvalue weighted by Gasteiger charge is 2.03. The van der Waals surface area contributed by atoms with Crippen LogP contribution in [0.5, 0.6) is 0 Å². The Labute approximate surface area is 72.4 Å². The number of carbonyl (C=O) groups excluding carboxylic acids is 1. The van der Waals surface area contributed by atoms with Crippen molar-refractivity contribution in [1.29, 1.82) is 0 Å². The molecule has 2 aromatic rings. The Morgan fingerprint density at radius 1 is 1.33 bits per heavy atom. The number of rotatable bonds is 1. The van der Waals surface area contributed by atoms with Crippen LogP contribution in [0.1, 0.15) is 10.4 Å². The van der Waals surface area contributed by atoms with Crippen LogP contribution in [0.3, 0.4) is 0 Å². The molecule has 12 heavy (non-hydrogen) atoms. The lowest BCUT2D eigenvalue weighted by Gasteiger charge is -1.91. The second kappa shape index (κ2) is 2.68. The molecule has 2 rings (SSSR count). The van der Waals surface area contributed by atoms with Gasteiger partial charge in [0.05, 0.1) is 5.56 Å². The molecule has 0 atom stereocenters. The number of halogens is 1. The molecule has 0 aliphatic rings. The molecule has 1 heterocycles. The minimum Gasteiger partial charge on any atom is -0.255 e. The van der Waals surface area contributed by atoms with Crippen LogP contribution in [-0.2, 0) is 0 Å². The van der Waals surface area contributed by atoms with Crippen LogP contribution < -0.4 is 0 Å². The van der Waals surface area contributed by atoms with Crippen molar-refractivity contribution in [3.8, 4) is 0 Å². The van der Waals surface area contributed by atoms with Crippen molar-refractivity contribution >= 4 is 27.5 Å². The van der Waals surface area contributed by atoms with Gasteiger partial charge in [0.15, 0.2) is 0 Å². The Kier molecular flexibility index (Phi) is 1.66. The van der Waals surface area contributed by atoms with E-state index >= 15 is 0 Å². The zero-order valence-electron chi connectivity index (χ0n) is 6.08. The summed E-state index contributed by atoms with van der Waals surface area (Å²) in [7, 11) is 0. The molecule has 0 N–H and O–H groups in total. The maximum Gasteiger partial charge on any atom is 0.332 e. The molecule has 0 radical (unpaired) electrons. The van der Waals surface area contributed by atoms with Gasteiger partial charge in [0, 0.05) is 4.70 Å². The molecule has 0 amide bonds. The van der Waals surface area contributed by atoms with E-state index in [4.69, 9.17) is 0 Å². The van der Waals surface area contributed by atoms with Crippen molar-refractivity contribution in [3.63, 3.8) is 0 Å². The Morgan fingerprint density at radius 2 is 2.17 bits per heavy atom. The summed E-state index contributed by atoms with van der Waals surface area (Å²) in [6, 6.07) is 5.38. The first-order valence-electron chi connectivity index (χ1n) is 3.44. The van der Waals surface area contributed by atoms with Gasteiger partial charge in [0.2, 0.25) is 0 Å². The third-order valence-corrected chi connectivity index (χ3v) is 2.56. The van der Waals surface area contributed by atoms with E-state index in [0.717, 1.165) is 10.1 Å². The first-order chi connectivity index (χ1) is 5.77. The van der Waals surface area contributed by atoms with E-state index < -0.39 is 6.04 Å². The van der Waals surface area contributed by atoms with Crippen LogP contribution in [0.15, 0.2) is 29.6 Å². The summed E-state index contributed by atoms with van der Waals surface area (Å²) in [6.07, 6.45) is 0. The molecule has 0 aliphatic heterocycles. The highest BCUT2D eigenvalue weighted by Crippen LogP contribution is 2.21. The van der Waals surface area contributed by atoms with Gasteiger partial charge in [-0.1, -0.05) is 6.07 Å². The molecule has 0 spiro atoms. The maximum absolute atomic E-state index is 12.2. The predicted octanol–water partition coefficient (Wildman–Crippen LogP) is 3.01. The predicted molar refractivity (Wildman–Crippen MR) is 47.3 cm³/mol. The first-order valence-corrected chi connectivity index (χ1v) is 4.32. The number of thiophene rings is 1. The monoisotopic (exact) mass is 180 g/mol. The van der Waals surface area contributed by atoms with Crippen LogP contribution >= 0.6 is 11.3 Å². The van der Waals surface area contributed by atoms with E-state index in [1.165, 1.54) is 17.4 Å². The highest BCUT2D eigenvalue weighted by molar-refractivity contribution is 7.17. The molecule has 0 saturated carbocycles. The van der Waals surface area contributed by atoms with Gasteiger partial charge in [0.1, 0.15) is 0 Å². The van der Waals surface area contributed by atoms with Crippen LogP contribution in [0.25, 0.3) is 10.1 Å². The average molecular weight is 180 g/mol. The Hall–Kier alpha value is -1.22. The number of benzene rings is 1.